The van der Waals surface area contributed by atoms with Gasteiger partial charge in [-0.1, -0.05) is 12.1 Å². The molecular formula is C20H20FN3O3. The van der Waals surface area contributed by atoms with E-state index < -0.39 is 17.5 Å². The van der Waals surface area contributed by atoms with Crippen LogP contribution in [0.1, 0.15) is 26.3 Å². The molecule has 0 spiro atoms. The number of carbonyl (C=O) groups excluding carboxylic acids is 1. The van der Waals surface area contributed by atoms with Crippen molar-refractivity contribution >= 4 is 17.1 Å². The van der Waals surface area contributed by atoms with Crippen molar-refractivity contribution in [3.63, 3.8) is 0 Å². The molecule has 0 aliphatic heterocycles. The van der Waals surface area contributed by atoms with Crippen LogP contribution in [0.25, 0.3) is 22.2 Å². The van der Waals surface area contributed by atoms with Gasteiger partial charge in [0.15, 0.2) is 0 Å². The number of aromatic amines is 1. The zero-order valence-electron chi connectivity index (χ0n) is 15.3. The van der Waals surface area contributed by atoms with Gasteiger partial charge in [-0.3, -0.25) is 4.79 Å². The van der Waals surface area contributed by atoms with Gasteiger partial charge in [0.2, 0.25) is 5.56 Å². The first kappa shape index (κ1) is 18.6. The number of amides is 1. The van der Waals surface area contributed by atoms with Gasteiger partial charge in [-0.15, -0.1) is 0 Å². The SMILES string of the molecule is CC(C)(C)OC(=O)NCc1ccc(-c2ccnc3[nH]c(=O)ccc23)cc1F. The molecule has 0 atom stereocenters. The number of halogens is 1. The summed E-state index contributed by atoms with van der Waals surface area (Å²) in [6.07, 6.45) is 0.957. The van der Waals surface area contributed by atoms with Gasteiger partial charge >= 0.3 is 6.09 Å². The van der Waals surface area contributed by atoms with Crippen molar-refractivity contribution in [2.45, 2.75) is 32.9 Å². The number of pyridine rings is 2. The van der Waals surface area contributed by atoms with Gasteiger partial charge in [0.1, 0.15) is 17.1 Å². The summed E-state index contributed by atoms with van der Waals surface area (Å²) in [7, 11) is 0. The number of fused-ring (bicyclic) bond motifs is 1. The predicted molar refractivity (Wildman–Crippen MR) is 101 cm³/mol. The normalized spacial score (nSPS) is 11.4. The molecule has 6 nitrogen and oxygen atoms in total. The summed E-state index contributed by atoms with van der Waals surface area (Å²) in [5.41, 5.74) is 1.32. The molecule has 2 heterocycles. The van der Waals surface area contributed by atoms with Crippen molar-refractivity contribution in [1.29, 1.82) is 0 Å². The highest BCUT2D eigenvalue weighted by Crippen LogP contribution is 2.27. The fraction of sp³-hybridized carbons (Fsp3) is 0.250. The number of hydrogen-bond donors (Lipinski definition) is 2. The smallest absolute Gasteiger partial charge is 0.407 e. The van der Waals surface area contributed by atoms with Crippen LogP contribution in [0.4, 0.5) is 9.18 Å². The van der Waals surface area contributed by atoms with E-state index >= 15 is 0 Å². The lowest BCUT2D eigenvalue weighted by atomic mass is 10.0. The number of carbonyl (C=O) groups is 1. The Hall–Kier alpha value is -3.22. The second-order valence-corrected chi connectivity index (χ2v) is 7.11. The standard InChI is InChI=1S/C20H20FN3O3/c1-20(2,3)27-19(26)23-11-13-5-4-12(10-16(13)21)14-8-9-22-18-15(14)6-7-17(25)24-18/h4-10H,11H2,1-3H3,(H,23,26)(H,22,24,25). The van der Waals surface area contributed by atoms with E-state index in [0.29, 0.717) is 16.8 Å². The number of aromatic nitrogens is 2. The molecule has 3 aromatic rings. The maximum atomic E-state index is 14.5. The van der Waals surface area contributed by atoms with E-state index in [1.165, 1.54) is 12.1 Å². The van der Waals surface area contributed by atoms with Crippen LogP contribution in [0.3, 0.4) is 0 Å². The number of nitrogens with zero attached hydrogens (tertiary/aromatic N) is 1. The Morgan fingerprint density at radius 2 is 2.00 bits per heavy atom. The molecule has 0 radical (unpaired) electrons. The van der Waals surface area contributed by atoms with Crippen LogP contribution in [0.15, 0.2) is 47.4 Å². The summed E-state index contributed by atoms with van der Waals surface area (Å²) in [5.74, 6) is -0.446. The Bertz CT molecular complexity index is 1050. The Kier molecular flexibility index (Phi) is 4.94. The molecule has 27 heavy (non-hydrogen) atoms. The molecule has 2 N–H and O–H groups in total. The largest absolute Gasteiger partial charge is 0.444 e. The van der Waals surface area contributed by atoms with E-state index in [-0.39, 0.29) is 12.1 Å². The maximum Gasteiger partial charge on any atom is 0.407 e. The highest BCUT2D eigenvalue weighted by Gasteiger charge is 2.16. The lowest BCUT2D eigenvalue weighted by Crippen LogP contribution is -2.32. The number of H-pyrrole nitrogens is 1. The van der Waals surface area contributed by atoms with Crippen molar-refractivity contribution in [3.8, 4) is 11.1 Å². The summed E-state index contributed by atoms with van der Waals surface area (Å²) < 4.78 is 19.7. The van der Waals surface area contributed by atoms with Crippen molar-refractivity contribution in [1.82, 2.24) is 15.3 Å². The molecule has 2 aromatic heterocycles. The van der Waals surface area contributed by atoms with Gasteiger partial charge in [-0.25, -0.2) is 14.2 Å². The summed E-state index contributed by atoms with van der Waals surface area (Å²) in [6.45, 7) is 5.29. The first-order chi connectivity index (χ1) is 12.7. The van der Waals surface area contributed by atoms with Crippen molar-refractivity contribution in [2.24, 2.45) is 0 Å². The average Bonchev–Trinajstić information content (AvgIpc) is 2.58. The third-order valence-electron chi connectivity index (χ3n) is 3.82. The van der Waals surface area contributed by atoms with Crippen molar-refractivity contribution in [2.75, 3.05) is 0 Å². The van der Waals surface area contributed by atoms with Crippen LogP contribution in [0.2, 0.25) is 0 Å². The van der Waals surface area contributed by atoms with E-state index in [0.717, 1.165) is 10.9 Å². The third-order valence-corrected chi connectivity index (χ3v) is 3.82. The Balaban J connectivity index is 1.83. The monoisotopic (exact) mass is 369 g/mol. The zero-order chi connectivity index (χ0) is 19.6. The summed E-state index contributed by atoms with van der Waals surface area (Å²) in [5, 5.41) is 3.26. The number of benzene rings is 1. The van der Waals surface area contributed by atoms with Crippen LogP contribution in [-0.2, 0) is 11.3 Å². The van der Waals surface area contributed by atoms with Gasteiger partial charge in [-0.05, 0) is 50.1 Å². The minimum absolute atomic E-state index is 0.0193. The van der Waals surface area contributed by atoms with Gasteiger partial charge in [0, 0.05) is 29.8 Å². The fourth-order valence-electron chi connectivity index (χ4n) is 2.65. The van der Waals surface area contributed by atoms with E-state index in [9.17, 15) is 14.0 Å². The summed E-state index contributed by atoms with van der Waals surface area (Å²) >= 11 is 0. The topological polar surface area (TPSA) is 84.1 Å². The molecule has 0 bridgehead atoms. The van der Waals surface area contributed by atoms with Gasteiger partial charge in [0.25, 0.3) is 0 Å². The fourth-order valence-corrected chi connectivity index (χ4v) is 2.65. The van der Waals surface area contributed by atoms with Gasteiger partial charge in [-0.2, -0.15) is 0 Å². The number of ether oxygens (including phenoxy) is 1. The molecule has 1 aromatic carbocycles. The number of hydrogen-bond acceptors (Lipinski definition) is 4. The highest BCUT2D eigenvalue weighted by molar-refractivity contribution is 5.92. The zero-order valence-corrected chi connectivity index (χ0v) is 15.3. The quantitative estimate of drug-likeness (QED) is 0.736. The molecule has 0 aliphatic carbocycles. The molecule has 0 saturated carbocycles. The van der Waals surface area contributed by atoms with E-state index in [1.54, 1.807) is 51.2 Å². The molecule has 0 saturated heterocycles. The van der Waals surface area contributed by atoms with Crippen LogP contribution in [0.5, 0.6) is 0 Å². The van der Waals surface area contributed by atoms with Crippen LogP contribution < -0.4 is 10.9 Å². The van der Waals surface area contributed by atoms with Crippen molar-refractivity contribution < 1.29 is 13.9 Å². The van der Waals surface area contributed by atoms with Gasteiger partial charge in [0.05, 0.1) is 0 Å². The molecule has 0 aliphatic rings. The predicted octanol–water partition coefficient (Wildman–Crippen LogP) is 3.75. The molecule has 1 amide bonds. The lowest BCUT2D eigenvalue weighted by Gasteiger charge is -2.19. The Morgan fingerprint density at radius 1 is 1.22 bits per heavy atom. The molecule has 3 rings (SSSR count). The second-order valence-electron chi connectivity index (χ2n) is 7.11. The number of alkyl carbamates (subject to hydrolysis) is 1. The minimum atomic E-state index is -0.615. The maximum absolute atomic E-state index is 14.5. The average molecular weight is 369 g/mol. The first-order valence-corrected chi connectivity index (χ1v) is 8.47. The molecule has 0 unspecified atom stereocenters. The minimum Gasteiger partial charge on any atom is -0.444 e. The third kappa shape index (κ3) is 4.49. The Morgan fingerprint density at radius 3 is 2.70 bits per heavy atom. The lowest BCUT2D eigenvalue weighted by molar-refractivity contribution is 0.0523. The highest BCUT2D eigenvalue weighted by atomic mass is 19.1. The van der Waals surface area contributed by atoms with E-state index in [1.807, 2.05) is 0 Å². The number of nitrogens with one attached hydrogen (secondary N) is 2. The van der Waals surface area contributed by atoms with Crippen molar-refractivity contribution in [3.05, 3.63) is 64.3 Å². The Labute approximate surface area is 155 Å². The second kappa shape index (κ2) is 7.19. The summed E-state index contributed by atoms with van der Waals surface area (Å²) in [4.78, 5) is 29.9. The summed E-state index contributed by atoms with van der Waals surface area (Å²) in [6, 6.07) is 9.59. The van der Waals surface area contributed by atoms with Gasteiger partial charge < -0.3 is 15.0 Å². The first-order valence-electron chi connectivity index (χ1n) is 8.47. The van der Waals surface area contributed by atoms with Crippen LogP contribution >= 0.6 is 0 Å². The molecule has 0 fully saturated rings. The van der Waals surface area contributed by atoms with E-state index in [4.69, 9.17) is 4.74 Å². The van der Waals surface area contributed by atoms with Crippen LogP contribution in [-0.4, -0.2) is 21.7 Å². The molecule has 7 heteroatoms. The molecule has 140 valence electrons. The van der Waals surface area contributed by atoms with E-state index in [2.05, 4.69) is 15.3 Å². The van der Waals surface area contributed by atoms with Crippen LogP contribution in [0, 0.1) is 5.82 Å². The molecular weight excluding hydrogens is 349 g/mol. The number of rotatable bonds is 3.